The number of halogens is 4. The molecule has 1 saturated heterocycles. The lowest BCUT2D eigenvalue weighted by molar-refractivity contribution is -0.140. The van der Waals surface area contributed by atoms with Crippen molar-refractivity contribution >= 4 is 29.1 Å². The molecule has 0 aromatic carbocycles. The molecular weight excluding hydrogens is 359 g/mol. The second kappa shape index (κ2) is 6.41. The average Bonchev–Trinajstić information content (AvgIpc) is 2.88. The molecule has 1 aliphatic heterocycles. The SMILES string of the molecule is CCC(C)N1CC(=O)C(C(=O)C2C(/C=C(\Cl)C(F)(F)F)C2(C)C)C1=O. The van der Waals surface area contributed by atoms with Crippen LogP contribution in [-0.4, -0.2) is 41.1 Å². The van der Waals surface area contributed by atoms with Crippen LogP contribution in [0.1, 0.15) is 34.1 Å². The summed E-state index contributed by atoms with van der Waals surface area (Å²) in [5.74, 6) is -4.59. The van der Waals surface area contributed by atoms with E-state index < -0.39 is 51.9 Å². The number of rotatable bonds is 5. The van der Waals surface area contributed by atoms with Crippen molar-refractivity contribution in [1.29, 1.82) is 0 Å². The van der Waals surface area contributed by atoms with Crippen molar-refractivity contribution in [1.82, 2.24) is 4.90 Å². The zero-order valence-electron chi connectivity index (χ0n) is 14.5. The first kappa shape index (κ1) is 19.9. The maximum absolute atomic E-state index is 12.7. The fourth-order valence-corrected chi connectivity index (χ4v) is 3.61. The van der Waals surface area contributed by atoms with Crippen molar-refractivity contribution in [3.8, 4) is 0 Å². The van der Waals surface area contributed by atoms with Gasteiger partial charge in [-0.2, -0.15) is 13.2 Å². The number of allylic oxidation sites excluding steroid dienone is 2. The molecule has 4 nitrogen and oxygen atoms in total. The lowest BCUT2D eigenvalue weighted by atomic mass is 9.94. The molecule has 1 amide bonds. The standard InChI is InChI=1S/C17H21ClF3NO3/c1-5-8(2)22-7-10(23)12(15(22)25)14(24)13-9(16(13,3)4)6-11(18)17(19,20)21/h6,8-9,12-13H,5,7H2,1-4H3/b11-6-. The zero-order chi connectivity index (χ0) is 19.3. The van der Waals surface area contributed by atoms with Crippen LogP contribution in [0.3, 0.4) is 0 Å². The summed E-state index contributed by atoms with van der Waals surface area (Å²) in [7, 11) is 0. The van der Waals surface area contributed by atoms with E-state index in [-0.39, 0.29) is 12.6 Å². The quantitative estimate of drug-likeness (QED) is 0.688. The Balaban J connectivity index is 2.21. The van der Waals surface area contributed by atoms with Crippen LogP contribution in [0.15, 0.2) is 11.1 Å². The van der Waals surface area contributed by atoms with Crippen molar-refractivity contribution in [2.75, 3.05) is 6.54 Å². The molecule has 140 valence electrons. The molecule has 1 saturated carbocycles. The molecule has 0 aromatic rings. The highest BCUT2D eigenvalue weighted by Gasteiger charge is 2.64. The van der Waals surface area contributed by atoms with Gasteiger partial charge in [0.15, 0.2) is 17.5 Å². The van der Waals surface area contributed by atoms with Crippen molar-refractivity contribution in [3.63, 3.8) is 0 Å². The molecule has 0 bridgehead atoms. The summed E-state index contributed by atoms with van der Waals surface area (Å²) in [5, 5.41) is -1.29. The second-order valence-electron chi connectivity index (χ2n) is 7.36. The van der Waals surface area contributed by atoms with Crippen LogP contribution < -0.4 is 0 Å². The van der Waals surface area contributed by atoms with Gasteiger partial charge >= 0.3 is 6.18 Å². The van der Waals surface area contributed by atoms with E-state index >= 15 is 0 Å². The topological polar surface area (TPSA) is 54.5 Å². The number of alkyl halides is 3. The summed E-state index contributed by atoms with van der Waals surface area (Å²) < 4.78 is 37.9. The molecule has 0 aromatic heterocycles. The molecule has 2 aliphatic rings. The predicted molar refractivity (Wildman–Crippen MR) is 85.7 cm³/mol. The minimum absolute atomic E-state index is 0.124. The first-order valence-electron chi connectivity index (χ1n) is 8.15. The van der Waals surface area contributed by atoms with E-state index in [1.165, 1.54) is 4.90 Å². The van der Waals surface area contributed by atoms with E-state index in [0.717, 1.165) is 6.08 Å². The average molecular weight is 380 g/mol. The minimum Gasteiger partial charge on any atom is -0.332 e. The van der Waals surface area contributed by atoms with E-state index in [1.54, 1.807) is 20.8 Å². The van der Waals surface area contributed by atoms with Crippen molar-refractivity contribution in [3.05, 3.63) is 11.1 Å². The van der Waals surface area contributed by atoms with Crippen LogP contribution in [0.5, 0.6) is 0 Å². The number of nitrogens with zero attached hydrogens (tertiary/aromatic N) is 1. The monoisotopic (exact) mass is 379 g/mol. The fraction of sp³-hybridized carbons (Fsp3) is 0.706. The van der Waals surface area contributed by atoms with Crippen LogP contribution in [0.25, 0.3) is 0 Å². The highest BCUT2D eigenvalue weighted by Crippen LogP contribution is 2.61. The molecular formula is C17H21ClF3NO3. The number of hydrogen-bond acceptors (Lipinski definition) is 3. The van der Waals surface area contributed by atoms with Gasteiger partial charge in [0.1, 0.15) is 5.03 Å². The highest BCUT2D eigenvalue weighted by molar-refractivity contribution is 6.30. The molecule has 2 fully saturated rings. The summed E-state index contributed by atoms with van der Waals surface area (Å²) in [5.41, 5.74) is -0.771. The van der Waals surface area contributed by atoms with E-state index in [4.69, 9.17) is 11.6 Å². The smallest absolute Gasteiger partial charge is 0.332 e. The first-order valence-corrected chi connectivity index (χ1v) is 8.53. The Morgan fingerprint density at radius 1 is 1.40 bits per heavy atom. The number of carbonyl (C=O) groups excluding carboxylic acids is 3. The minimum atomic E-state index is -4.68. The van der Waals surface area contributed by atoms with Gasteiger partial charge < -0.3 is 4.90 Å². The Hall–Kier alpha value is -1.37. The number of Topliss-reactive ketones (excluding diaryl/α,β-unsaturated/α-hetero) is 2. The molecule has 2 rings (SSSR count). The first-order chi connectivity index (χ1) is 11.3. The summed E-state index contributed by atoms with van der Waals surface area (Å²) in [6.45, 7) is 6.79. The van der Waals surface area contributed by atoms with Crippen molar-refractivity contribution in [2.24, 2.45) is 23.2 Å². The zero-order valence-corrected chi connectivity index (χ0v) is 15.2. The van der Waals surface area contributed by atoms with Gasteiger partial charge in [0, 0.05) is 12.0 Å². The number of carbonyl (C=O) groups is 3. The van der Waals surface area contributed by atoms with Crippen molar-refractivity contribution < 1.29 is 27.6 Å². The van der Waals surface area contributed by atoms with Gasteiger partial charge in [0.2, 0.25) is 5.91 Å². The predicted octanol–water partition coefficient (Wildman–Crippen LogP) is 3.34. The summed E-state index contributed by atoms with van der Waals surface area (Å²) in [6, 6.07) is -0.170. The molecule has 1 aliphatic carbocycles. The largest absolute Gasteiger partial charge is 0.426 e. The lowest BCUT2D eigenvalue weighted by Gasteiger charge is -2.22. The Morgan fingerprint density at radius 3 is 2.44 bits per heavy atom. The second-order valence-corrected chi connectivity index (χ2v) is 7.77. The van der Waals surface area contributed by atoms with Gasteiger partial charge in [-0.25, -0.2) is 0 Å². The van der Waals surface area contributed by atoms with Crippen LogP contribution in [0, 0.1) is 23.2 Å². The van der Waals surface area contributed by atoms with Gasteiger partial charge in [-0.15, -0.1) is 0 Å². The van der Waals surface area contributed by atoms with Gasteiger partial charge in [-0.3, -0.25) is 14.4 Å². The third-order valence-electron chi connectivity index (χ3n) is 5.40. The van der Waals surface area contributed by atoms with Crippen molar-refractivity contribution in [2.45, 2.75) is 46.3 Å². The van der Waals surface area contributed by atoms with Crippen LogP contribution >= 0.6 is 11.6 Å². The van der Waals surface area contributed by atoms with Gasteiger partial charge in [-0.05, 0) is 24.7 Å². The van der Waals surface area contributed by atoms with Gasteiger partial charge in [0.25, 0.3) is 0 Å². The molecule has 0 N–H and O–H groups in total. The molecule has 0 radical (unpaired) electrons. The third-order valence-corrected chi connectivity index (χ3v) is 5.74. The van der Waals surface area contributed by atoms with Crippen LogP contribution in [-0.2, 0) is 14.4 Å². The lowest BCUT2D eigenvalue weighted by Crippen LogP contribution is -2.37. The molecule has 8 heteroatoms. The van der Waals surface area contributed by atoms with Gasteiger partial charge in [0.05, 0.1) is 6.54 Å². The molecule has 4 unspecified atom stereocenters. The molecule has 1 heterocycles. The Morgan fingerprint density at radius 2 is 1.96 bits per heavy atom. The summed E-state index contributed by atoms with van der Waals surface area (Å²) in [6.07, 6.45) is -3.22. The number of likely N-dealkylation sites (tertiary alicyclic amines) is 1. The van der Waals surface area contributed by atoms with E-state index in [1.807, 2.05) is 6.92 Å². The number of ketones is 2. The summed E-state index contributed by atoms with van der Waals surface area (Å²) in [4.78, 5) is 38.7. The number of hydrogen-bond donors (Lipinski definition) is 0. The molecule has 25 heavy (non-hydrogen) atoms. The van der Waals surface area contributed by atoms with E-state index in [9.17, 15) is 27.6 Å². The Kier molecular flexibility index (Phi) is 5.12. The maximum atomic E-state index is 12.7. The fourth-order valence-electron chi connectivity index (χ4n) is 3.48. The normalized spacial score (nSPS) is 30.6. The summed E-state index contributed by atoms with van der Waals surface area (Å²) >= 11 is 5.27. The highest BCUT2D eigenvalue weighted by atomic mass is 35.5. The molecule has 0 spiro atoms. The Bertz CT molecular complexity index is 642. The maximum Gasteiger partial charge on any atom is 0.426 e. The number of amides is 1. The Labute approximate surface area is 149 Å². The molecule has 4 atom stereocenters. The van der Waals surface area contributed by atoms with Crippen LogP contribution in [0.2, 0.25) is 0 Å². The van der Waals surface area contributed by atoms with Gasteiger partial charge in [-0.1, -0.05) is 38.4 Å². The van der Waals surface area contributed by atoms with E-state index in [0.29, 0.717) is 6.42 Å². The van der Waals surface area contributed by atoms with Crippen LogP contribution in [0.4, 0.5) is 13.2 Å². The van der Waals surface area contributed by atoms with E-state index in [2.05, 4.69) is 0 Å². The third kappa shape index (κ3) is 3.48.